The first-order chi connectivity index (χ1) is 12.6. The lowest BCUT2D eigenvalue weighted by molar-refractivity contribution is 0.0689. The van der Waals surface area contributed by atoms with Gasteiger partial charge in [-0.3, -0.25) is 4.79 Å². The molecule has 1 fully saturated rings. The number of nitrogens with zero attached hydrogens (tertiary/aromatic N) is 2. The van der Waals surface area contributed by atoms with E-state index in [2.05, 4.69) is 11.1 Å². The lowest BCUT2D eigenvalue weighted by Gasteiger charge is -2.32. The molecule has 1 aliphatic heterocycles. The van der Waals surface area contributed by atoms with Crippen molar-refractivity contribution < 1.29 is 19.4 Å². The van der Waals surface area contributed by atoms with Crippen molar-refractivity contribution in [2.45, 2.75) is 19.3 Å². The van der Waals surface area contributed by atoms with Gasteiger partial charge in [-0.25, -0.2) is 9.78 Å². The van der Waals surface area contributed by atoms with E-state index in [0.29, 0.717) is 24.6 Å². The van der Waals surface area contributed by atoms with Gasteiger partial charge in [0.05, 0.1) is 7.11 Å². The highest BCUT2D eigenvalue weighted by Gasteiger charge is 2.25. The van der Waals surface area contributed by atoms with E-state index in [-0.39, 0.29) is 11.6 Å². The molecule has 2 aromatic rings. The smallest absolute Gasteiger partial charge is 0.354 e. The van der Waals surface area contributed by atoms with Crippen LogP contribution in [0.3, 0.4) is 0 Å². The quantitative estimate of drug-likeness (QED) is 0.893. The Morgan fingerprint density at radius 3 is 2.65 bits per heavy atom. The normalized spacial score (nSPS) is 14.9. The molecule has 1 aliphatic rings. The molecular weight excluding hydrogens is 332 g/mol. The van der Waals surface area contributed by atoms with E-state index in [0.717, 1.165) is 25.0 Å². The van der Waals surface area contributed by atoms with Gasteiger partial charge < -0.3 is 14.7 Å². The zero-order valence-electron chi connectivity index (χ0n) is 14.7. The van der Waals surface area contributed by atoms with Crippen LogP contribution >= 0.6 is 0 Å². The van der Waals surface area contributed by atoms with E-state index in [1.54, 1.807) is 18.1 Å². The number of carboxylic acid groups (broad SMARTS) is 1. The molecule has 0 aliphatic carbocycles. The number of para-hydroxylation sites is 1. The third kappa shape index (κ3) is 4.02. The maximum absolute atomic E-state index is 12.6. The first-order valence-electron chi connectivity index (χ1n) is 8.69. The zero-order chi connectivity index (χ0) is 18.5. The van der Waals surface area contributed by atoms with Crippen LogP contribution in [0.2, 0.25) is 0 Å². The van der Waals surface area contributed by atoms with Crippen LogP contribution in [0, 0.1) is 5.92 Å². The topological polar surface area (TPSA) is 79.7 Å². The number of hydrogen-bond acceptors (Lipinski definition) is 4. The van der Waals surface area contributed by atoms with Gasteiger partial charge >= 0.3 is 5.97 Å². The van der Waals surface area contributed by atoms with Gasteiger partial charge in [-0.15, -0.1) is 0 Å². The van der Waals surface area contributed by atoms with Crippen LogP contribution in [0.15, 0.2) is 42.6 Å². The van der Waals surface area contributed by atoms with Crippen molar-refractivity contribution in [3.63, 3.8) is 0 Å². The van der Waals surface area contributed by atoms with Crippen molar-refractivity contribution in [2.24, 2.45) is 5.92 Å². The highest BCUT2D eigenvalue weighted by Crippen LogP contribution is 2.27. The summed E-state index contributed by atoms with van der Waals surface area (Å²) < 4.78 is 5.42. The SMILES string of the molecule is COc1ccccc1CC1CCN(C(=O)c2ccnc(C(=O)O)c2)CC1. The Kier molecular flexibility index (Phi) is 5.51. The molecular formula is C20H22N2O4. The van der Waals surface area contributed by atoms with Gasteiger partial charge in [0.15, 0.2) is 0 Å². The van der Waals surface area contributed by atoms with Gasteiger partial charge in [-0.05, 0) is 48.9 Å². The summed E-state index contributed by atoms with van der Waals surface area (Å²) in [7, 11) is 1.68. The van der Waals surface area contributed by atoms with Crippen molar-refractivity contribution in [1.29, 1.82) is 0 Å². The van der Waals surface area contributed by atoms with Crippen LogP contribution in [0.1, 0.15) is 39.3 Å². The van der Waals surface area contributed by atoms with E-state index in [9.17, 15) is 9.59 Å². The van der Waals surface area contributed by atoms with E-state index in [1.165, 1.54) is 17.8 Å². The third-order valence-electron chi connectivity index (χ3n) is 4.83. The van der Waals surface area contributed by atoms with Gasteiger partial charge in [0.1, 0.15) is 11.4 Å². The van der Waals surface area contributed by atoms with Crippen molar-refractivity contribution in [2.75, 3.05) is 20.2 Å². The summed E-state index contributed by atoms with van der Waals surface area (Å²) in [5.74, 6) is 0.146. The zero-order valence-corrected chi connectivity index (χ0v) is 14.7. The number of amides is 1. The molecule has 1 amide bonds. The second-order valence-corrected chi connectivity index (χ2v) is 6.49. The number of likely N-dealkylation sites (tertiary alicyclic amines) is 1. The number of pyridine rings is 1. The van der Waals surface area contributed by atoms with Crippen molar-refractivity contribution >= 4 is 11.9 Å². The summed E-state index contributed by atoms with van der Waals surface area (Å²) >= 11 is 0. The fraction of sp³-hybridized carbons (Fsp3) is 0.350. The summed E-state index contributed by atoms with van der Waals surface area (Å²) in [6.45, 7) is 1.34. The first-order valence-corrected chi connectivity index (χ1v) is 8.69. The van der Waals surface area contributed by atoms with Crippen LogP contribution in [0.25, 0.3) is 0 Å². The molecule has 1 aromatic heterocycles. The van der Waals surface area contributed by atoms with Gasteiger partial charge in [-0.2, -0.15) is 0 Å². The molecule has 0 saturated carbocycles. The molecule has 0 unspecified atom stereocenters. The van der Waals surface area contributed by atoms with Crippen molar-refractivity contribution in [3.8, 4) is 5.75 Å². The average molecular weight is 354 g/mol. The summed E-state index contributed by atoms with van der Waals surface area (Å²) in [6.07, 6.45) is 4.14. The molecule has 0 radical (unpaired) electrons. The second-order valence-electron chi connectivity index (χ2n) is 6.49. The lowest BCUT2D eigenvalue weighted by atomic mass is 9.89. The van der Waals surface area contributed by atoms with Crippen LogP contribution in [0.4, 0.5) is 0 Å². The summed E-state index contributed by atoms with van der Waals surface area (Å²) in [4.78, 5) is 29.2. The number of aromatic nitrogens is 1. The number of carbonyl (C=O) groups is 2. The maximum atomic E-state index is 12.6. The predicted octanol–water partition coefficient (Wildman–Crippen LogP) is 2.88. The summed E-state index contributed by atoms with van der Waals surface area (Å²) in [5.41, 5.74) is 1.46. The first kappa shape index (κ1) is 17.9. The number of hydrogen-bond donors (Lipinski definition) is 1. The molecule has 1 aromatic carbocycles. The maximum Gasteiger partial charge on any atom is 0.354 e. The highest BCUT2D eigenvalue weighted by atomic mass is 16.5. The third-order valence-corrected chi connectivity index (χ3v) is 4.83. The Bertz CT molecular complexity index is 798. The van der Waals surface area contributed by atoms with Gasteiger partial charge in [0.2, 0.25) is 0 Å². The van der Waals surface area contributed by atoms with Crippen LogP contribution in [0.5, 0.6) is 5.75 Å². The number of piperidine rings is 1. The summed E-state index contributed by atoms with van der Waals surface area (Å²) in [6, 6.07) is 10.9. The van der Waals surface area contributed by atoms with Crippen LogP contribution in [-0.4, -0.2) is 47.1 Å². The van der Waals surface area contributed by atoms with Crippen molar-refractivity contribution in [3.05, 3.63) is 59.4 Å². The number of benzene rings is 1. The molecule has 26 heavy (non-hydrogen) atoms. The monoisotopic (exact) mass is 354 g/mol. The summed E-state index contributed by atoms with van der Waals surface area (Å²) in [5, 5.41) is 9.02. The number of carbonyl (C=O) groups excluding carboxylic acids is 1. The molecule has 6 nitrogen and oxygen atoms in total. The Hall–Kier alpha value is -2.89. The molecule has 1 N–H and O–H groups in total. The highest BCUT2D eigenvalue weighted by molar-refractivity contribution is 5.96. The number of ether oxygens (including phenoxy) is 1. The fourth-order valence-electron chi connectivity index (χ4n) is 3.39. The number of rotatable bonds is 5. The van der Waals surface area contributed by atoms with E-state index >= 15 is 0 Å². The minimum absolute atomic E-state index is 0.109. The molecule has 0 spiro atoms. The standard InChI is InChI=1S/C20H22N2O4/c1-26-18-5-3-2-4-15(18)12-14-7-10-22(11-8-14)19(23)16-6-9-21-17(13-16)20(24)25/h2-6,9,13-14H,7-8,10-12H2,1H3,(H,24,25). The fourth-order valence-corrected chi connectivity index (χ4v) is 3.39. The molecule has 0 bridgehead atoms. The number of aromatic carboxylic acids is 1. The van der Waals surface area contributed by atoms with Gasteiger partial charge in [-0.1, -0.05) is 18.2 Å². The minimum Gasteiger partial charge on any atom is -0.496 e. The van der Waals surface area contributed by atoms with Crippen LogP contribution in [-0.2, 0) is 6.42 Å². The van der Waals surface area contributed by atoms with Crippen molar-refractivity contribution in [1.82, 2.24) is 9.88 Å². The number of methoxy groups -OCH3 is 1. The Balaban J connectivity index is 1.60. The lowest BCUT2D eigenvalue weighted by Crippen LogP contribution is -2.39. The van der Waals surface area contributed by atoms with E-state index < -0.39 is 5.97 Å². The second kappa shape index (κ2) is 7.99. The van der Waals surface area contributed by atoms with Gasteiger partial charge in [0.25, 0.3) is 5.91 Å². The largest absolute Gasteiger partial charge is 0.496 e. The van der Waals surface area contributed by atoms with Crippen LogP contribution < -0.4 is 4.74 Å². The van der Waals surface area contributed by atoms with Gasteiger partial charge in [0, 0.05) is 24.8 Å². The molecule has 6 heteroatoms. The Morgan fingerprint density at radius 1 is 1.23 bits per heavy atom. The minimum atomic E-state index is -1.13. The average Bonchev–Trinajstić information content (AvgIpc) is 2.68. The predicted molar refractivity (Wildman–Crippen MR) is 96.5 cm³/mol. The molecule has 136 valence electrons. The molecule has 2 heterocycles. The Labute approximate surface area is 152 Å². The molecule has 0 atom stereocenters. The Morgan fingerprint density at radius 2 is 1.96 bits per heavy atom. The molecule has 3 rings (SSSR count). The molecule has 1 saturated heterocycles. The number of carboxylic acids is 1. The van der Waals surface area contributed by atoms with E-state index in [4.69, 9.17) is 9.84 Å². The van der Waals surface area contributed by atoms with E-state index in [1.807, 2.05) is 18.2 Å².